The van der Waals surface area contributed by atoms with E-state index in [9.17, 15) is 28.8 Å². The average Bonchev–Trinajstić information content (AvgIpc) is 3.63. The van der Waals surface area contributed by atoms with E-state index < -0.39 is 32.4 Å². The molecular formula is C55H68FN9O7S. The second kappa shape index (κ2) is 21.1. The van der Waals surface area contributed by atoms with E-state index in [2.05, 4.69) is 85.5 Å². The third kappa shape index (κ3) is 11.1. The molecule has 4 fully saturated rings. The van der Waals surface area contributed by atoms with E-state index >= 15 is 4.39 Å². The van der Waals surface area contributed by atoms with Crippen LogP contribution in [0, 0.1) is 27.9 Å². The number of piperazine rings is 1. The van der Waals surface area contributed by atoms with Crippen molar-refractivity contribution >= 4 is 44.5 Å². The van der Waals surface area contributed by atoms with E-state index in [1.807, 2.05) is 6.92 Å². The lowest BCUT2D eigenvalue weighted by atomic mass is 9.59. The molecule has 2 saturated carbocycles. The summed E-state index contributed by atoms with van der Waals surface area (Å²) in [6, 6.07) is 19.4. The highest BCUT2D eigenvalue weighted by molar-refractivity contribution is 7.90. The van der Waals surface area contributed by atoms with Crippen molar-refractivity contribution in [2.45, 2.75) is 108 Å². The molecule has 2 atom stereocenters. The van der Waals surface area contributed by atoms with E-state index in [0.717, 1.165) is 83.1 Å². The SMILES string of the molecule is C=C1C=C(F)c2cc(Oc3cc(N4CCC5(CC4)CC(N4CCN(CC#N)C[C@H]4c4ccccc4C(C)C)C5)ccc3C(=O)NS(=O)(=O)c3cnc(NCC4CCC(C)(O)CC4)c([NH+](C)[O-])c3)c(OCC)nc21. The molecule has 1 amide bonds. The van der Waals surface area contributed by atoms with Gasteiger partial charge < -0.3 is 35.1 Å². The van der Waals surface area contributed by atoms with Crippen LogP contribution in [-0.4, -0.2) is 110 Å². The number of quaternary nitrogens is 1. The third-order valence-electron chi connectivity index (χ3n) is 15.8. The number of carbonyl (C=O) groups excluding carboxylic acids is 1. The number of halogens is 1. The Kier molecular flexibility index (Phi) is 15.0. The van der Waals surface area contributed by atoms with Gasteiger partial charge in [0.2, 0.25) is 0 Å². The molecule has 9 rings (SSSR count). The van der Waals surface area contributed by atoms with Crippen LogP contribution in [0.2, 0.25) is 0 Å². The maximum absolute atomic E-state index is 15.2. The molecule has 2 aromatic carbocycles. The number of carbonyl (C=O) groups is 1. The zero-order valence-electron chi connectivity index (χ0n) is 42.5. The number of nitriles is 1. The number of hydroxylamine groups is 1. The minimum absolute atomic E-state index is 0.00677. The Labute approximate surface area is 428 Å². The third-order valence-corrected chi connectivity index (χ3v) is 17.1. The summed E-state index contributed by atoms with van der Waals surface area (Å²) in [4.78, 5) is 30.0. The maximum Gasteiger partial charge on any atom is 0.268 e. The molecule has 2 aliphatic heterocycles. The van der Waals surface area contributed by atoms with Crippen molar-refractivity contribution in [3.05, 3.63) is 107 Å². The van der Waals surface area contributed by atoms with Crippen LogP contribution >= 0.6 is 0 Å². The highest BCUT2D eigenvalue weighted by atomic mass is 32.2. The Morgan fingerprint density at radius 2 is 1.81 bits per heavy atom. The number of anilines is 2. The second-order valence-electron chi connectivity index (χ2n) is 21.3. The Bertz CT molecular complexity index is 2910. The van der Waals surface area contributed by atoms with Crippen molar-refractivity contribution in [2.24, 2.45) is 11.3 Å². The summed E-state index contributed by atoms with van der Waals surface area (Å²) in [7, 11) is -3.28. The molecule has 16 nitrogen and oxygen atoms in total. The predicted molar refractivity (Wildman–Crippen MR) is 279 cm³/mol. The van der Waals surface area contributed by atoms with Gasteiger partial charge in [0.25, 0.3) is 21.8 Å². The molecule has 5 aliphatic rings. The average molecular weight is 1020 g/mol. The Morgan fingerprint density at radius 1 is 1.07 bits per heavy atom. The number of piperidine rings is 1. The van der Waals surface area contributed by atoms with E-state index in [1.165, 1.54) is 42.4 Å². The van der Waals surface area contributed by atoms with Gasteiger partial charge in [0, 0.05) is 74.7 Å². The molecule has 3 aliphatic carbocycles. The van der Waals surface area contributed by atoms with Gasteiger partial charge in [-0.25, -0.2) is 27.5 Å². The summed E-state index contributed by atoms with van der Waals surface area (Å²) in [6.07, 6.45) is 9.34. The van der Waals surface area contributed by atoms with Crippen LogP contribution in [-0.2, 0) is 10.0 Å². The summed E-state index contributed by atoms with van der Waals surface area (Å²) in [5, 5.41) is 35.6. The van der Waals surface area contributed by atoms with Crippen molar-refractivity contribution in [3.63, 3.8) is 0 Å². The number of sulfonamides is 1. The molecule has 0 bridgehead atoms. The molecule has 2 aromatic heterocycles. The predicted octanol–water partition coefficient (Wildman–Crippen LogP) is 7.88. The lowest BCUT2D eigenvalue weighted by Gasteiger charge is -2.58. The summed E-state index contributed by atoms with van der Waals surface area (Å²) in [5.74, 6) is -0.657. The number of fused-ring (bicyclic) bond motifs is 1. The number of amides is 1. The first-order chi connectivity index (χ1) is 34.9. The number of allylic oxidation sites excluding steroid dienone is 2. The van der Waals surface area contributed by atoms with Gasteiger partial charge in [0.1, 0.15) is 16.5 Å². The van der Waals surface area contributed by atoms with Gasteiger partial charge in [0.05, 0.1) is 49.3 Å². The van der Waals surface area contributed by atoms with Crippen molar-refractivity contribution < 1.29 is 37.2 Å². The van der Waals surface area contributed by atoms with Crippen LogP contribution in [0.1, 0.15) is 124 Å². The number of nitrogens with zero attached hydrogens (tertiary/aromatic N) is 6. The standard InChI is InChI=1S/C55H68FN9O7S/c1-7-71-53-49(29-44-45(56)26-36(4)50(44)60-53)72-48-27-38(12-13-43(48)52(66)61-73(69,70)40-28-46(62(6)68)51(59-33-40)58-32-37-14-16-54(5,67)17-15-37)64-21-18-55(19-22-64)30-39(31-55)65-25-24-63(23-20-57)34-47(65)42-11-9-8-10-41(42)35(2)3/h8-13,26-29,33,35,37,39,47,62,67H,4,7,14-19,21-25,30-32,34H2,1-3,5-6H3,(H,58,59)(H,61,66)/t37?,47-,54?/m0/s1. The monoisotopic (exact) mass is 1020 g/mol. The molecule has 4 aromatic rings. The van der Waals surface area contributed by atoms with Crippen LogP contribution < -0.4 is 29.5 Å². The fraction of sp³-hybridized carbons (Fsp3) is 0.491. The summed E-state index contributed by atoms with van der Waals surface area (Å²) >= 11 is 0. The molecule has 0 radical (unpaired) electrons. The molecule has 4 heterocycles. The Hall–Kier alpha value is -5.94. The number of aliphatic hydroxyl groups is 1. The lowest BCUT2D eigenvalue weighted by molar-refractivity contribution is -0.751. The highest BCUT2D eigenvalue weighted by Gasteiger charge is 2.50. The largest absolute Gasteiger partial charge is 0.629 e. The number of ether oxygens (including phenoxy) is 2. The number of aromatic nitrogens is 2. The fourth-order valence-electron chi connectivity index (χ4n) is 11.6. The number of nitrogens with one attached hydrogen (secondary N) is 3. The lowest BCUT2D eigenvalue weighted by Crippen LogP contribution is -2.98. The van der Waals surface area contributed by atoms with Crippen LogP contribution in [0.5, 0.6) is 17.4 Å². The second-order valence-corrected chi connectivity index (χ2v) is 23.0. The van der Waals surface area contributed by atoms with Gasteiger partial charge in [-0.2, -0.15) is 5.26 Å². The van der Waals surface area contributed by atoms with Crippen molar-refractivity contribution in [1.29, 1.82) is 5.26 Å². The van der Waals surface area contributed by atoms with E-state index in [0.29, 0.717) is 49.2 Å². The first-order valence-corrected chi connectivity index (χ1v) is 27.1. The van der Waals surface area contributed by atoms with Gasteiger partial charge in [-0.05, 0) is 123 Å². The minimum Gasteiger partial charge on any atom is -0.629 e. The molecule has 2 saturated heterocycles. The van der Waals surface area contributed by atoms with Crippen LogP contribution in [0.15, 0.2) is 78.3 Å². The molecule has 1 unspecified atom stereocenters. The molecule has 18 heteroatoms. The van der Waals surface area contributed by atoms with Gasteiger partial charge in [-0.1, -0.05) is 44.7 Å². The van der Waals surface area contributed by atoms with Crippen molar-refractivity contribution in [3.8, 4) is 23.4 Å². The van der Waals surface area contributed by atoms with Gasteiger partial charge >= 0.3 is 0 Å². The van der Waals surface area contributed by atoms with E-state index in [-0.39, 0.29) is 68.9 Å². The minimum atomic E-state index is -4.60. The van der Waals surface area contributed by atoms with Crippen LogP contribution in [0.25, 0.3) is 11.4 Å². The fourth-order valence-corrected chi connectivity index (χ4v) is 12.5. The van der Waals surface area contributed by atoms with Crippen LogP contribution in [0.3, 0.4) is 0 Å². The van der Waals surface area contributed by atoms with Crippen molar-refractivity contribution in [2.75, 3.05) is 69.7 Å². The van der Waals surface area contributed by atoms with Gasteiger partial charge in [-0.15, -0.1) is 0 Å². The number of benzene rings is 2. The molecular weight excluding hydrogens is 950 g/mol. The van der Waals surface area contributed by atoms with E-state index in [4.69, 9.17) is 9.47 Å². The number of hydrogen-bond acceptors (Lipinski definition) is 14. The smallest absolute Gasteiger partial charge is 0.268 e. The van der Waals surface area contributed by atoms with Crippen LogP contribution in [0.4, 0.5) is 21.6 Å². The number of hydrogen-bond donors (Lipinski definition) is 4. The zero-order valence-corrected chi connectivity index (χ0v) is 43.4. The van der Waals surface area contributed by atoms with Gasteiger partial charge in [0.15, 0.2) is 17.3 Å². The molecule has 388 valence electrons. The summed E-state index contributed by atoms with van der Waals surface area (Å²) in [6.45, 7) is 17.2. The Balaban J connectivity index is 0.942. The highest BCUT2D eigenvalue weighted by Crippen LogP contribution is 2.53. The van der Waals surface area contributed by atoms with Crippen molar-refractivity contribution in [1.82, 2.24) is 24.5 Å². The normalized spacial score (nSPS) is 22.8. The number of rotatable bonds is 16. The topological polar surface area (TPSA) is 201 Å². The molecule has 73 heavy (non-hydrogen) atoms. The molecule has 4 N–H and O–H groups in total. The summed E-state index contributed by atoms with van der Waals surface area (Å²) < 4.78 is 57.7. The maximum atomic E-state index is 15.2. The Morgan fingerprint density at radius 3 is 2.51 bits per heavy atom. The molecule has 1 spiro atoms. The zero-order chi connectivity index (χ0) is 51.8. The van der Waals surface area contributed by atoms with E-state index in [1.54, 1.807) is 19.1 Å². The van der Waals surface area contributed by atoms with Gasteiger partial charge in [-0.3, -0.25) is 14.6 Å². The first kappa shape index (κ1) is 51.9. The number of pyridine rings is 2. The quantitative estimate of drug-likeness (QED) is 0.0624. The summed E-state index contributed by atoms with van der Waals surface area (Å²) in [5.41, 5.74) is 3.67. The first-order valence-electron chi connectivity index (χ1n) is 25.7.